The van der Waals surface area contributed by atoms with Crippen molar-refractivity contribution in [3.8, 4) is 28.7 Å². The van der Waals surface area contributed by atoms with Gasteiger partial charge in [0.2, 0.25) is 5.91 Å². The van der Waals surface area contributed by atoms with Gasteiger partial charge in [0.25, 0.3) is 5.91 Å². The number of ether oxygens (including phenoxy) is 3. The zero-order chi connectivity index (χ0) is 31.9. The molecule has 1 saturated heterocycles. The molecular weight excluding hydrogens is 606 g/mol. The van der Waals surface area contributed by atoms with Crippen LogP contribution in [0.4, 0.5) is 0 Å². The average Bonchev–Trinajstić information content (AvgIpc) is 3.78. The first-order valence-electron chi connectivity index (χ1n) is 14.7. The molecule has 0 atom stereocenters. The minimum Gasteiger partial charge on any atom is -0.493 e. The van der Waals surface area contributed by atoms with Crippen LogP contribution in [0.25, 0.3) is 5.69 Å². The molecule has 0 unspecified atom stereocenters. The lowest BCUT2D eigenvalue weighted by molar-refractivity contribution is -0.129. The second-order valence-electron chi connectivity index (χ2n) is 10.4. The summed E-state index contributed by atoms with van der Waals surface area (Å²) >= 11 is 1.33. The smallest absolute Gasteiger partial charge is 0.289 e. The van der Waals surface area contributed by atoms with Crippen molar-refractivity contribution >= 4 is 23.6 Å². The van der Waals surface area contributed by atoms with Gasteiger partial charge in [-0.15, -0.1) is 10.2 Å². The molecule has 3 aromatic carbocycles. The van der Waals surface area contributed by atoms with Crippen molar-refractivity contribution in [1.29, 1.82) is 0 Å². The summed E-state index contributed by atoms with van der Waals surface area (Å²) in [5.74, 6) is 3.69. The molecule has 0 aliphatic carbocycles. The lowest BCUT2D eigenvalue weighted by atomic mass is 10.1. The highest BCUT2D eigenvalue weighted by Gasteiger charge is 2.27. The standard InChI is InChI=1S/C34H33N5O6S/c1-42-28-15-10-24(21-30(28)43-2)22-31-35-36-34(39(31)25-11-13-27(14-12-25)45-26-7-4-3-5-8-26)46-23-32(40)37-16-18-38(19-17-37)33(41)29-9-6-20-44-29/h3-15,20-21H,16-19,22-23H2,1-2H3. The van der Waals surface area contributed by atoms with E-state index in [1.807, 2.05) is 77.4 Å². The summed E-state index contributed by atoms with van der Waals surface area (Å²) in [5, 5.41) is 9.61. The van der Waals surface area contributed by atoms with Crippen molar-refractivity contribution < 1.29 is 28.2 Å². The molecule has 2 aromatic heterocycles. The van der Waals surface area contributed by atoms with Crippen LogP contribution in [0, 0.1) is 0 Å². The third-order valence-electron chi connectivity index (χ3n) is 7.56. The molecule has 2 amide bonds. The van der Waals surface area contributed by atoms with Crippen molar-refractivity contribution in [2.45, 2.75) is 11.6 Å². The molecule has 11 nitrogen and oxygen atoms in total. The second-order valence-corrected chi connectivity index (χ2v) is 11.4. The first-order chi connectivity index (χ1) is 22.5. The summed E-state index contributed by atoms with van der Waals surface area (Å²) in [6, 6.07) is 26.3. The van der Waals surface area contributed by atoms with E-state index < -0.39 is 0 Å². The Bertz CT molecular complexity index is 1770. The number of para-hydroxylation sites is 1. The Labute approximate surface area is 270 Å². The van der Waals surface area contributed by atoms with E-state index in [2.05, 4.69) is 10.2 Å². The number of carbonyl (C=O) groups excluding carboxylic acids is 2. The average molecular weight is 640 g/mol. The highest BCUT2D eigenvalue weighted by molar-refractivity contribution is 7.99. The fourth-order valence-corrected chi connectivity index (χ4v) is 6.03. The van der Waals surface area contributed by atoms with Crippen molar-refractivity contribution in [3.05, 3.63) is 108 Å². The van der Waals surface area contributed by atoms with Crippen LogP contribution in [0.2, 0.25) is 0 Å². The summed E-state index contributed by atoms with van der Waals surface area (Å²) in [7, 11) is 3.20. The molecular formula is C34H33N5O6S. The maximum absolute atomic E-state index is 13.3. The predicted octanol–water partition coefficient (Wildman–Crippen LogP) is 5.34. The van der Waals surface area contributed by atoms with Crippen LogP contribution in [0.3, 0.4) is 0 Å². The number of rotatable bonds is 11. The van der Waals surface area contributed by atoms with Gasteiger partial charge in [-0.25, -0.2) is 0 Å². The first kappa shape index (κ1) is 30.8. The predicted molar refractivity (Wildman–Crippen MR) is 172 cm³/mol. The van der Waals surface area contributed by atoms with E-state index in [1.165, 1.54) is 18.0 Å². The number of amides is 2. The molecule has 12 heteroatoms. The van der Waals surface area contributed by atoms with Gasteiger partial charge < -0.3 is 28.4 Å². The van der Waals surface area contributed by atoms with Gasteiger partial charge in [-0.2, -0.15) is 0 Å². The number of aromatic nitrogens is 3. The summed E-state index contributed by atoms with van der Waals surface area (Å²) in [6.45, 7) is 1.79. The van der Waals surface area contributed by atoms with Gasteiger partial charge in [0.1, 0.15) is 17.3 Å². The van der Waals surface area contributed by atoms with Gasteiger partial charge in [-0.1, -0.05) is 36.0 Å². The Morgan fingerprint density at radius 1 is 0.804 bits per heavy atom. The van der Waals surface area contributed by atoms with Crippen LogP contribution in [0.5, 0.6) is 23.0 Å². The van der Waals surface area contributed by atoms with Gasteiger partial charge in [-0.3, -0.25) is 14.2 Å². The van der Waals surface area contributed by atoms with Crippen molar-refractivity contribution in [3.63, 3.8) is 0 Å². The molecule has 46 heavy (non-hydrogen) atoms. The number of piperazine rings is 1. The molecule has 1 aliphatic rings. The molecule has 0 bridgehead atoms. The zero-order valence-corrected chi connectivity index (χ0v) is 26.3. The lowest BCUT2D eigenvalue weighted by Gasteiger charge is -2.34. The molecule has 5 aromatic rings. The summed E-state index contributed by atoms with van der Waals surface area (Å²) in [5.41, 5.74) is 1.80. The Morgan fingerprint density at radius 2 is 1.52 bits per heavy atom. The Balaban J connectivity index is 1.18. The largest absolute Gasteiger partial charge is 0.493 e. The monoisotopic (exact) mass is 639 g/mol. The Morgan fingerprint density at radius 3 is 2.22 bits per heavy atom. The van der Waals surface area contributed by atoms with Gasteiger partial charge in [0.15, 0.2) is 22.4 Å². The molecule has 1 fully saturated rings. The maximum atomic E-state index is 13.3. The molecule has 1 aliphatic heterocycles. The van der Waals surface area contributed by atoms with Crippen molar-refractivity contribution in [2.24, 2.45) is 0 Å². The maximum Gasteiger partial charge on any atom is 0.289 e. The van der Waals surface area contributed by atoms with Gasteiger partial charge in [0.05, 0.1) is 26.2 Å². The highest BCUT2D eigenvalue weighted by Crippen LogP contribution is 2.31. The number of benzene rings is 3. The quantitative estimate of drug-likeness (QED) is 0.177. The topological polar surface area (TPSA) is 112 Å². The fraction of sp³-hybridized carbons (Fsp3) is 0.235. The molecule has 0 radical (unpaired) electrons. The van der Waals surface area contributed by atoms with Crippen LogP contribution in [-0.2, 0) is 11.2 Å². The molecule has 6 rings (SSSR count). The van der Waals surface area contributed by atoms with E-state index in [0.29, 0.717) is 66.6 Å². The van der Waals surface area contributed by atoms with Crippen LogP contribution in [0.1, 0.15) is 21.9 Å². The summed E-state index contributed by atoms with van der Waals surface area (Å²) in [6.07, 6.45) is 1.95. The van der Waals surface area contributed by atoms with Crippen molar-refractivity contribution in [2.75, 3.05) is 46.2 Å². The fourth-order valence-electron chi connectivity index (χ4n) is 5.16. The van der Waals surface area contributed by atoms with Crippen LogP contribution < -0.4 is 14.2 Å². The summed E-state index contributed by atoms with van der Waals surface area (Å²) < 4.78 is 24.1. The summed E-state index contributed by atoms with van der Waals surface area (Å²) in [4.78, 5) is 29.4. The number of thioether (sulfide) groups is 1. The molecule has 3 heterocycles. The number of furan rings is 1. The van der Waals surface area contributed by atoms with E-state index in [-0.39, 0.29) is 17.6 Å². The van der Waals surface area contributed by atoms with Crippen molar-refractivity contribution in [1.82, 2.24) is 24.6 Å². The minimum absolute atomic E-state index is 0.0299. The first-order valence-corrected chi connectivity index (χ1v) is 15.7. The van der Waals surface area contributed by atoms with E-state index in [1.54, 1.807) is 36.2 Å². The number of methoxy groups -OCH3 is 2. The molecule has 236 valence electrons. The third-order valence-corrected chi connectivity index (χ3v) is 8.47. The van der Waals surface area contributed by atoms with E-state index >= 15 is 0 Å². The van der Waals surface area contributed by atoms with E-state index in [4.69, 9.17) is 18.6 Å². The Kier molecular flexibility index (Phi) is 9.54. The van der Waals surface area contributed by atoms with Crippen LogP contribution >= 0.6 is 11.8 Å². The molecule has 0 N–H and O–H groups in total. The number of nitrogens with zero attached hydrogens (tertiary/aromatic N) is 5. The van der Waals surface area contributed by atoms with E-state index in [0.717, 1.165) is 17.0 Å². The van der Waals surface area contributed by atoms with Gasteiger partial charge in [-0.05, 0) is 66.2 Å². The lowest BCUT2D eigenvalue weighted by Crippen LogP contribution is -2.51. The molecule has 0 spiro atoms. The number of hydrogen-bond acceptors (Lipinski definition) is 9. The Hall–Kier alpha value is -5.23. The highest BCUT2D eigenvalue weighted by atomic mass is 32.2. The number of hydrogen-bond donors (Lipinski definition) is 0. The zero-order valence-electron chi connectivity index (χ0n) is 25.5. The van der Waals surface area contributed by atoms with Gasteiger partial charge >= 0.3 is 0 Å². The van der Waals surface area contributed by atoms with Crippen LogP contribution in [-0.4, -0.2) is 82.5 Å². The van der Waals surface area contributed by atoms with E-state index in [9.17, 15) is 9.59 Å². The van der Waals surface area contributed by atoms with Crippen LogP contribution in [0.15, 0.2) is 101 Å². The second kappa shape index (κ2) is 14.2. The normalized spacial score (nSPS) is 13.0. The third kappa shape index (κ3) is 7.02. The van der Waals surface area contributed by atoms with Gasteiger partial charge in [0, 0.05) is 38.3 Å². The SMILES string of the molecule is COc1ccc(Cc2nnc(SCC(=O)N3CCN(C(=O)c4ccco4)CC3)n2-c2ccc(Oc3ccccc3)cc2)cc1OC. The minimum atomic E-state index is -0.165. The molecule has 0 saturated carbocycles. The number of carbonyl (C=O) groups is 2.